The van der Waals surface area contributed by atoms with Gasteiger partial charge in [0.25, 0.3) is 0 Å². The van der Waals surface area contributed by atoms with Crippen LogP contribution in [-0.4, -0.2) is 29.6 Å². The minimum Gasteiger partial charge on any atom is -0.748 e. The molecule has 3 aromatic rings. The van der Waals surface area contributed by atoms with Gasteiger partial charge in [-0.1, -0.05) is 13.8 Å². The predicted molar refractivity (Wildman–Crippen MR) is 146 cm³/mol. The Hall–Kier alpha value is -2.89. The van der Waals surface area contributed by atoms with Crippen molar-refractivity contribution in [3.05, 3.63) is 82.9 Å². The summed E-state index contributed by atoms with van der Waals surface area (Å²) < 4.78 is 88.0. The second kappa shape index (κ2) is 11.1. The minimum atomic E-state index is -4.33. The Bertz CT molecular complexity index is 1510. The fourth-order valence-corrected chi connectivity index (χ4v) is 10.0. The van der Waals surface area contributed by atoms with Crippen molar-refractivity contribution < 1.29 is 40.4 Å². The molecule has 2 aliphatic carbocycles. The van der Waals surface area contributed by atoms with E-state index in [9.17, 15) is 40.4 Å². The molecule has 0 aliphatic heterocycles. The zero-order valence-corrected chi connectivity index (χ0v) is 24.6. The van der Waals surface area contributed by atoms with Crippen molar-refractivity contribution in [1.29, 1.82) is 0 Å². The third kappa shape index (κ3) is 6.17. The number of hydrogen-bond acceptors (Lipinski definition) is 5. The first-order chi connectivity index (χ1) is 18.9. The van der Waals surface area contributed by atoms with Gasteiger partial charge in [0.05, 0.1) is 15.9 Å². The summed E-state index contributed by atoms with van der Waals surface area (Å²) in [7, 11) is -5.48. The summed E-state index contributed by atoms with van der Waals surface area (Å²) in [6, 6.07) is 9.12. The number of ketones is 1. The number of carbonyl (C=O) groups excluding carboxylic acids is 1. The molecule has 220 valence electrons. The fourth-order valence-electron chi connectivity index (χ4n) is 6.32. The highest BCUT2D eigenvalue weighted by Gasteiger charge is 2.64. The van der Waals surface area contributed by atoms with Gasteiger partial charge >= 0.3 is 0 Å². The van der Waals surface area contributed by atoms with E-state index in [-0.39, 0.29) is 32.7 Å². The van der Waals surface area contributed by atoms with Gasteiger partial charge in [-0.25, -0.2) is 26.0 Å². The van der Waals surface area contributed by atoms with E-state index in [0.29, 0.717) is 28.9 Å². The molecule has 2 atom stereocenters. The summed E-state index contributed by atoms with van der Waals surface area (Å²) in [4.78, 5) is 13.0. The van der Waals surface area contributed by atoms with E-state index in [1.807, 2.05) is 13.8 Å². The second-order valence-electron chi connectivity index (χ2n) is 11.3. The van der Waals surface area contributed by atoms with E-state index in [1.165, 1.54) is 12.1 Å². The summed E-state index contributed by atoms with van der Waals surface area (Å²) in [5.41, 5.74) is 0.0835. The normalized spacial score (nSPS) is 21.2. The second-order valence-corrected chi connectivity index (χ2v) is 14.7. The zero-order chi connectivity index (χ0) is 30.5. The van der Waals surface area contributed by atoms with E-state index in [0.717, 1.165) is 42.8 Å². The van der Waals surface area contributed by atoms with Gasteiger partial charge in [-0.05, 0) is 50.2 Å². The smallest absolute Gasteiger partial charge is 0.172 e. The SMILES string of the molecule is CC1(C)C2CCC1(CS(=O)(=O)[O-])C(=O)C2.Cc1cc(O)cc(C)c1[S+](c1cc(F)cc(F)c1)c1cc(F)cc(F)c1. The first kappa shape index (κ1) is 31.1. The van der Waals surface area contributed by atoms with Crippen LogP contribution in [0.2, 0.25) is 0 Å². The van der Waals surface area contributed by atoms with Gasteiger partial charge in [-0.15, -0.1) is 0 Å². The number of aryl methyl sites for hydroxylation is 2. The van der Waals surface area contributed by atoms with Crippen LogP contribution in [0, 0.1) is 53.9 Å². The molecule has 0 aromatic heterocycles. The third-order valence-corrected chi connectivity index (χ3v) is 11.7. The molecule has 5 nitrogen and oxygen atoms in total. The van der Waals surface area contributed by atoms with Gasteiger partial charge in [0.15, 0.2) is 14.7 Å². The molecule has 2 unspecified atom stereocenters. The monoisotopic (exact) mass is 610 g/mol. The van der Waals surface area contributed by atoms with Gasteiger partial charge in [0.2, 0.25) is 0 Å². The number of phenolic OH excluding ortho intramolecular Hbond substituents is 1. The molecule has 1 N–H and O–H groups in total. The Morgan fingerprint density at radius 2 is 1.32 bits per heavy atom. The summed E-state index contributed by atoms with van der Waals surface area (Å²) in [5.74, 6) is -3.33. The van der Waals surface area contributed by atoms with Crippen LogP contribution in [0.25, 0.3) is 0 Å². The van der Waals surface area contributed by atoms with Gasteiger partial charge in [-0.3, -0.25) is 4.79 Å². The number of carbonyl (C=O) groups is 1. The highest BCUT2D eigenvalue weighted by molar-refractivity contribution is 7.97. The maximum absolute atomic E-state index is 13.8. The Balaban J connectivity index is 0.000000218. The van der Waals surface area contributed by atoms with Crippen molar-refractivity contribution >= 4 is 26.8 Å². The lowest BCUT2D eigenvalue weighted by molar-refractivity contribution is -0.128. The molecule has 41 heavy (non-hydrogen) atoms. The van der Waals surface area contributed by atoms with Gasteiger partial charge in [0, 0.05) is 59.4 Å². The van der Waals surface area contributed by atoms with Crippen molar-refractivity contribution in [2.24, 2.45) is 16.7 Å². The molecule has 3 aromatic carbocycles. The van der Waals surface area contributed by atoms with Crippen LogP contribution in [0.3, 0.4) is 0 Å². The standard InChI is InChI=1S/C20H14F4OS.C10H16O4S/c1-11-3-17(25)4-12(2)20(11)26(18-7-13(21)5-14(22)8-18)19-9-15(23)6-16(24)10-19;1-9(2)7-3-4-10(9,8(11)5-7)6-15(12,13)14/h3-10H,1-2H3;7H,3-6H2,1-2H3,(H,12,13,14). The number of benzene rings is 3. The van der Waals surface area contributed by atoms with Gasteiger partial charge in [0.1, 0.15) is 45.7 Å². The van der Waals surface area contributed by atoms with Crippen molar-refractivity contribution in [2.75, 3.05) is 5.75 Å². The number of hydrogen-bond donors (Lipinski definition) is 1. The maximum Gasteiger partial charge on any atom is 0.172 e. The van der Waals surface area contributed by atoms with Crippen LogP contribution in [0.5, 0.6) is 5.75 Å². The molecule has 5 rings (SSSR count). The van der Waals surface area contributed by atoms with E-state index in [2.05, 4.69) is 0 Å². The number of phenols is 1. The van der Waals surface area contributed by atoms with Gasteiger partial charge < -0.3 is 9.66 Å². The van der Waals surface area contributed by atoms with Crippen LogP contribution in [0.1, 0.15) is 44.2 Å². The molecule has 0 saturated heterocycles. The van der Waals surface area contributed by atoms with Crippen LogP contribution < -0.4 is 0 Å². The number of fused-ring (bicyclic) bond motifs is 2. The highest BCUT2D eigenvalue weighted by atomic mass is 32.2. The predicted octanol–water partition coefficient (Wildman–Crippen LogP) is 6.59. The van der Waals surface area contributed by atoms with Crippen molar-refractivity contribution in [1.82, 2.24) is 0 Å². The number of rotatable bonds is 5. The summed E-state index contributed by atoms with van der Waals surface area (Å²) >= 11 is 0. The quantitative estimate of drug-likeness (QED) is 0.200. The summed E-state index contributed by atoms with van der Waals surface area (Å²) in [6.45, 7) is 7.29. The largest absolute Gasteiger partial charge is 0.748 e. The molecule has 11 heteroatoms. The molecular formula is C30H30F4O5S2. The van der Waals surface area contributed by atoms with Crippen molar-refractivity contribution in [3.8, 4) is 5.75 Å². The zero-order valence-electron chi connectivity index (χ0n) is 22.9. The summed E-state index contributed by atoms with van der Waals surface area (Å²) in [6.07, 6.45) is 1.88. The lowest BCUT2D eigenvalue weighted by Gasteiger charge is -2.37. The molecule has 2 saturated carbocycles. The minimum absolute atomic E-state index is 0.0248. The number of halogens is 4. The first-order valence-electron chi connectivity index (χ1n) is 12.9. The molecule has 2 bridgehead atoms. The van der Waals surface area contributed by atoms with E-state index in [4.69, 9.17) is 0 Å². The molecule has 0 spiro atoms. The van der Waals surface area contributed by atoms with Crippen LogP contribution in [0.4, 0.5) is 17.6 Å². The molecule has 0 amide bonds. The van der Waals surface area contributed by atoms with Crippen LogP contribution >= 0.6 is 0 Å². The summed E-state index contributed by atoms with van der Waals surface area (Å²) in [5, 5.41) is 9.78. The Morgan fingerprint density at radius 3 is 1.66 bits per heavy atom. The van der Waals surface area contributed by atoms with Gasteiger partial charge in [-0.2, -0.15) is 0 Å². The van der Waals surface area contributed by atoms with Crippen LogP contribution in [-0.2, 0) is 25.8 Å². The Kier molecular flexibility index (Phi) is 8.39. The lowest BCUT2D eigenvalue weighted by Crippen LogP contribution is -2.42. The molecule has 2 aliphatic rings. The lowest BCUT2D eigenvalue weighted by atomic mass is 9.70. The highest BCUT2D eigenvalue weighted by Crippen LogP contribution is 2.64. The van der Waals surface area contributed by atoms with E-state index in [1.54, 1.807) is 13.8 Å². The van der Waals surface area contributed by atoms with E-state index >= 15 is 0 Å². The average Bonchev–Trinajstić information content (AvgIpc) is 3.13. The molecule has 0 heterocycles. The number of Topliss-reactive ketones (excluding diaryl/α,β-unsaturated/α-hetero) is 1. The average molecular weight is 611 g/mol. The topological polar surface area (TPSA) is 94.5 Å². The number of aromatic hydroxyl groups is 1. The molecule has 2 fully saturated rings. The van der Waals surface area contributed by atoms with Crippen molar-refractivity contribution in [3.63, 3.8) is 0 Å². The maximum atomic E-state index is 13.8. The molecule has 0 radical (unpaired) electrons. The first-order valence-corrected chi connectivity index (χ1v) is 15.7. The molecular weight excluding hydrogens is 580 g/mol. The third-order valence-electron chi connectivity index (χ3n) is 8.36. The Labute approximate surface area is 239 Å². The fraction of sp³-hybridized carbons (Fsp3) is 0.367. The Morgan fingerprint density at radius 1 is 0.878 bits per heavy atom. The van der Waals surface area contributed by atoms with E-state index < -0.39 is 55.4 Å². The van der Waals surface area contributed by atoms with Crippen molar-refractivity contribution in [2.45, 2.75) is 61.6 Å². The van der Waals surface area contributed by atoms with Crippen LogP contribution in [0.15, 0.2) is 63.2 Å².